The fourth-order valence-electron chi connectivity index (χ4n) is 4.27. The van der Waals surface area contributed by atoms with E-state index in [2.05, 4.69) is 19.9 Å². The average molecular weight is 428 g/mol. The fraction of sp³-hybridized carbons (Fsp3) is 0.280. The molecule has 0 aliphatic heterocycles. The number of ether oxygens (including phenoxy) is 1. The monoisotopic (exact) mass is 428 g/mol. The number of carboxylic acid groups (broad SMARTS) is 1. The van der Waals surface area contributed by atoms with Crippen LogP contribution >= 0.6 is 0 Å². The van der Waals surface area contributed by atoms with Crippen molar-refractivity contribution in [1.82, 2.24) is 19.9 Å². The quantitative estimate of drug-likeness (QED) is 0.443. The van der Waals surface area contributed by atoms with Gasteiger partial charge in [0, 0.05) is 36.0 Å². The number of hydrogen-bond donors (Lipinski definition) is 2. The van der Waals surface area contributed by atoms with Crippen molar-refractivity contribution in [2.75, 3.05) is 0 Å². The Morgan fingerprint density at radius 1 is 0.969 bits per heavy atom. The van der Waals surface area contributed by atoms with Crippen LogP contribution in [0.2, 0.25) is 0 Å². The van der Waals surface area contributed by atoms with E-state index in [4.69, 9.17) is 9.84 Å². The molecule has 162 valence electrons. The van der Waals surface area contributed by atoms with E-state index in [-0.39, 0.29) is 18.4 Å². The van der Waals surface area contributed by atoms with Crippen molar-refractivity contribution >= 4 is 17.0 Å². The topological polar surface area (TPSA) is 101 Å². The second kappa shape index (κ2) is 8.78. The highest BCUT2D eigenvalue weighted by Gasteiger charge is 2.24. The highest BCUT2D eigenvalue weighted by Crippen LogP contribution is 2.30. The third kappa shape index (κ3) is 4.46. The summed E-state index contributed by atoms with van der Waals surface area (Å²) >= 11 is 0. The smallest absolute Gasteiger partial charge is 0.303 e. The van der Waals surface area contributed by atoms with Gasteiger partial charge in [-0.05, 0) is 61.9 Å². The zero-order valence-electron chi connectivity index (χ0n) is 17.6. The fourth-order valence-corrected chi connectivity index (χ4v) is 4.27. The Morgan fingerprint density at radius 3 is 2.44 bits per heavy atom. The van der Waals surface area contributed by atoms with E-state index in [1.807, 2.05) is 54.7 Å². The van der Waals surface area contributed by atoms with Crippen molar-refractivity contribution in [2.24, 2.45) is 5.92 Å². The number of aromatic nitrogens is 4. The summed E-state index contributed by atoms with van der Waals surface area (Å²) in [5.41, 5.74) is 4.61. The minimum Gasteiger partial charge on any atom is -0.481 e. The lowest BCUT2D eigenvalue weighted by atomic mass is 9.85. The average Bonchev–Trinajstić information content (AvgIpc) is 3.25. The maximum absolute atomic E-state index is 10.9. The van der Waals surface area contributed by atoms with Crippen LogP contribution in [0.1, 0.15) is 32.1 Å². The zero-order valence-corrected chi connectivity index (χ0v) is 17.6. The third-order valence-electron chi connectivity index (χ3n) is 6.00. The molecule has 2 N–H and O–H groups in total. The van der Waals surface area contributed by atoms with Crippen LogP contribution in [0.15, 0.2) is 60.9 Å². The van der Waals surface area contributed by atoms with Crippen molar-refractivity contribution in [3.8, 4) is 28.5 Å². The molecular formula is C25H24N4O3. The lowest BCUT2D eigenvalue weighted by Gasteiger charge is -2.27. The number of aliphatic carboxylic acids is 1. The highest BCUT2D eigenvalue weighted by atomic mass is 16.5. The van der Waals surface area contributed by atoms with Gasteiger partial charge in [0.05, 0.1) is 16.7 Å². The minimum absolute atomic E-state index is 0.0969. The molecule has 1 aromatic carbocycles. The van der Waals surface area contributed by atoms with Gasteiger partial charge in [-0.15, -0.1) is 0 Å². The van der Waals surface area contributed by atoms with Gasteiger partial charge in [-0.3, -0.25) is 9.78 Å². The van der Waals surface area contributed by atoms with Gasteiger partial charge >= 0.3 is 5.97 Å². The summed E-state index contributed by atoms with van der Waals surface area (Å²) in [6.07, 6.45) is 7.44. The number of carboxylic acids is 1. The number of H-pyrrole nitrogens is 1. The summed E-state index contributed by atoms with van der Waals surface area (Å²) in [4.78, 5) is 27.8. The second-order valence-electron chi connectivity index (χ2n) is 8.28. The number of nitrogens with one attached hydrogen (secondary N) is 1. The number of aromatic amines is 1. The maximum Gasteiger partial charge on any atom is 0.303 e. The van der Waals surface area contributed by atoms with Crippen molar-refractivity contribution in [3.05, 3.63) is 60.9 Å². The van der Waals surface area contributed by atoms with Gasteiger partial charge in [-0.25, -0.2) is 9.97 Å². The lowest BCUT2D eigenvalue weighted by Crippen LogP contribution is -2.25. The van der Waals surface area contributed by atoms with Gasteiger partial charge in [0.25, 0.3) is 0 Å². The van der Waals surface area contributed by atoms with Gasteiger partial charge in [0.15, 0.2) is 0 Å². The molecule has 3 aromatic heterocycles. The van der Waals surface area contributed by atoms with Crippen LogP contribution in [0.3, 0.4) is 0 Å². The van der Waals surface area contributed by atoms with Crippen molar-refractivity contribution in [2.45, 2.75) is 38.2 Å². The van der Waals surface area contributed by atoms with E-state index < -0.39 is 5.97 Å². The number of hydrogen-bond acceptors (Lipinski definition) is 5. The van der Waals surface area contributed by atoms with Gasteiger partial charge < -0.3 is 14.8 Å². The summed E-state index contributed by atoms with van der Waals surface area (Å²) in [7, 11) is 0. The summed E-state index contributed by atoms with van der Waals surface area (Å²) < 4.78 is 6.01. The first kappa shape index (κ1) is 20.2. The summed E-state index contributed by atoms with van der Waals surface area (Å²) in [5.74, 6) is 0.932. The molecule has 5 rings (SSSR count). The van der Waals surface area contributed by atoms with E-state index in [1.165, 1.54) is 0 Å². The van der Waals surface area contributed by atoms with Gasteiger partial charge in [-0.2, -0.15) is 0 Å². The Balaban J connectivity index is 1.22. The number of benzene rings is 1. The van der Waals surface area contributed by atoms with Crippen LogP contribution < -0.4 is 4.74 Å². The van der Waals surface area contributed by atoms with Crippen molar-refractivity contribution < 1.29 is 14.6 Å². The number of pyridine rings is 2. The van der Waals surface area contributed by atoms with Crippen LogP contribution in [0.5, 0.6) is 5.88 Å². The molecule has 0 bridgehead atoms. The normalized spacial score (nSPS) is 18.5. The zero-order chi connectivity index (χ0) is 21.9. The largest absolute Gasteiger partial charge is 0.481 e. The van der Waals surface area contributed by atoms with Gasteiger partial charge in [-0.1, -0.05) is 12.1 Å². The molecule has 0 unspecified atom stereocenters. The molecule has 32 heavy (non-hydrogen) atoms. The first-order valence-corrected chi connectivity index (χ1v) is 10.9. The predicted octanol–water partition coefficient (Wildman–Crippen LogP) is 5.10. The molecule has 0 spiro atoms. The van der Waals surface area contributed by atoms with E-state index in [0.29, 0.717) is 5.88 Å². The molecule has 1 aliphatic rings. The molecule has 1 fully saturated rings. The second-order valence-corrected chi connectivity index (χ2v) is 8.28. The first-order valence-electron chi connectivity index (χ1n) is 10.9. The molecule has 0 amide bonds. The Morgan fingerprint density at radius 2 is 1.75 bits per heavy atom. The Bertz CT molecular complexity index is 1180. The van der Waals surface area contributed by atoms with Crippen LogP contribution in [0.4, 0.5) is 0 Å². The molecule has 1 aliphatic carbocycles. The molecule has 0 atom stereocenters. The van der Waals surface area contributed by atoms with Gasteiger partial charge in [0.2, 0.25) is 5.88 Å². The standard InChI is InChI=1S/C25H24N4O3/c30-24(31)13-16-5-9-19(10-6-16)32-23-12-8-17(14-27-23)20-11-7-18(15-26-20)25-28-21-3-1-2-4-22(21)29-25/h1-4,7-8,11-12,14-16,19H,5-6,9-10,13H2,(H,28,29)(H,30,31)/t16-,19-. The number of carbonyl (C=O) groups is 1. The third-order valence-corrected chi connectivity index (χ3v) is 6.00. The SMILES string of the molecule is O=C(O)C[C@H]1CC[C@H](Oc2ccc(-c3ccc(-c4nc5ccccc5[nH]4)cn3)cn2)CC1. The number of fused-ring (bicyclic) bond motifs is 1. The minimum atomic E-state index is -0.717. The number of rotatable bonds is 6. The molecular weight excluding hydrogens is 404 g/mol. The molecule has 0 saturated heterocycles. The van der Waals surface area contributed by atoms with Crippen molar-refractivity contribution in [3.63, 3.8) is 0 Å². The van der Waals surface area contributed by atoms with Crippen LogP contribution in [0.25, 0.3) is 33.7 Å². The Labute approximate surface area is 185 Å². The Kier molecular flexibility index (Phi) is 5.54. The number of imidazole rings is 1. The molecule has 4 aromatic rings. The van der Waals surface area contributed by atoms with E-state index in [9.17, 15) is 4.79 Å². The molecule has 0 radical (unpaired) electrons. The highest BCUT2D eigenvalue weighted by molar-refractivity contribution is 5.79. The molecule has 7 heteroatoms. The maximum atomic E-state index is 10.9. The summed E-state index contributed by atoms with van der Waals surface area (Å²) in [6, 6.07) is 15.7. The first-order chi connectivity index (χ1) is 15.6. The van der Waals surface area contributed by atoms with Crippen LogP contribution in [-0.2, 0) is 4.79 Å². The summed E-state index contributed by atoms with van der Waals surface area (Å²) in [6.45, 7) is 0. The number of nitrogens with zero attached hydrogens (tertiary/aromatic N) is 3. The van der Waals surface area contributed by atoms with Crippen molar-refractivity contribution in [1.29, 1.82) is 0 Å². The lowest BCUT2D eigenvalue weighted by molar-refractivity contribution is -0.138. The molecule has 1 saturated carbocycles. The van der Waals surface area contributed by atoms with Crippen LogP contribution in [-0.4, -0.2) is 37.1 Å². The molecule has 7 nitrogen and oxygen atoms in total. The van der Waals surface area contributed by atoms with E-state index >= 15 is 0 Å². The van der Waals surface area contributed by atoms with E-state index in [0.717, 1.165) is 59.4 Å². The predicted molar refractivity (Wildman–Crippen MR) is 121 cm³/mol. The van der Waals surface area contributed by atoms with Crippen LogP contribution in [0, 0.1) is 5.92 Å². The Hall–Kier alpha value is -3.74. The van der Waals surface area contributed by atoms with Gasteiger partial charge in [0.1, 0.15) is 11.9 Å². The van der Waals surface area contributed by atoms with E-state index in [1.54, 1.807) is 6.20 Å². The summed E-state index contributed by atoms with van der Waals surface area (Å²) in [5, 5.41) is 8.94. The number of para-hydroxylation sites is 2. The molecule has 3 heterocycles.